The highest BCUT2D eigenvalue weighted by atomic mass is 16.3. The number of urea groups is 1. The molecular formula is C29H38N4O3. The fraction of sp³-hybridized carbons (Fsp3) is 0.586. The van der Waals surface area contributed by atoms with Gasteiger partial charge in [0.1, 0.15) is 0 Å². The van der Waals surface area contributed by atoms with Crippen molar-refractivity contribution in [2.24, 2.45) is 5.41 Å². The summed E-state index contributed by atoms with van der Waals surface area (Å²) < 4.78 is 1.70. The number of piperidine rings is 1. The molecule has 6 rings (SSSR count). The molecule has 7 nitrogen and oxygen atoms in total. The van der Waals surface area contributed by atoms with Crippen molar-refractivity contribution < 1.29 is 9.90 Å². The normalized spacial score (nSPS) is 28.0. The summed E-state index contributed by atoms with van der Waals surface area (Å²) in [6, 6.07) is 14.1. The fourth-order valence-corrected chi connectivity index (χ4v) is 6.96. The molecule has 2 unspecified atom stereocenters. The molecule has 4 aliphatic rings. The molecule has 2 saturated carbocycles. The van der Waals surface area contributed by atoms with E-state index in [1.165, 1.54) is 12.8 Å². The van der Waals surface area contributed by atoms with Crippen LogP contribution < -0.4 is 10.9 Å². The first-order chi connectivity index (χ1) is 17.5. The molecular weight excluding hydrogens is 452 g/mol. The number of nitrogens with one attached hydrogen (secondary N) is 1. The van der Waals surface area contributed by atoms with Gasteiger partial charge in [-0.25, -0.2) is 4.79 Å². The highest BCUT2D eigenvalue weighted by Crippen LogP contribution is 2.52. The molecule has 1 aromatic heterocycles. The molecule has 2 atom stereocenters. The zero-order valence-corrected chi connectivity index (χ0v) is 21.1. The minimum Gasteiger partial charge on any atom is -0.387 e. The molecule has 4 fully saturated rings. The van der Waals surface area contributed by atoms with Gasteiger partial charge in [0, 0.05) is 50.4 Å². The van der Waals surface area contributed by atoms with Gasteiger partial charge in [0.15, 0.2) is 0 Å². The van der Waals surface area contributed by atoms with Crippen LogP contribution in [0, 0.1) is 5.41 Å². The van der Waals surface area contributed by atoms with Crippen molar-refractivity contribution in [1.82, 2.24) is 19.7 Å². The van der Waals surface area contributed by atoms with E-state index in [-0.39, 0.29) is 23.0 Å². The Labute approximate surface area is 213 Å². The summed E-state index contributed by atoms with van der Waals surface area (Å²) in [5, 5.41) is 15.6. The van der Waals surface area contributed by atoms with Crippen molar-refractivity contribution in [1.29, 1.82) is 0 Å². The number of hydrogen-bond donors (Lipinski definition) is 2. The zero-order valence-electron chi connectivity index (χ0n) is 21.1. The van der Waals surface area contributed by atoms with Crippen LogP contribution >= 0.6 is 0 Å². The highest BCUT2D eigenvalue weighted by Gasteiger charge is 2.56. The lowest BCUT2D eigenvalue weighted by Gasteiger charge is -2.53. The van der Waals surface area contributed by atoms with Gasteiger partial charge >= 0.3 is 6.03 Å². The topological polar surface area (TPSA) is 77.8 Å². The number of rotatable bonds is 4. The first kappa shape index (κ1) is 23.7. The van der Waals surface area contributed by atoms with Crippen molar-refractivity contribution >= 4 is 6.03 Å². The van der Waals surface area contributed by atoms with E-state index in [1.54, 1.807) is 10.6 Å². The monoisotopic (exact) mass is 490 g/mol. The number of nitrogens with zero attached hydrogens (tertiary/aromatic N) is 3. The number of carbonyl (C=O) groups excluding carboxylic acids is 1. The van der Waals surface area contributed by atoms with E-state index in [1.807, 2.05) is 34.2 Å². The molecule has 0 radical (unpaired) electrons. The predicted molar refractivity (Wildman–Crippen MR) is 139 cm³/mol. The molecule has 0 bridgehead atoms. The van der Waals surface area contributed by atoms with E-state index in [9.17, 15) is 14.7 Å². The van der Waals surface area contributed by atoms with Crippen LogP contribution in [0.1, 0.15) is 68.0 Å². The van der Waals surface area contributed by atoms with E-state index in [0.29, 0.717) is 38.5 Å². The van der Waals surface area contributed by atoms with Crippen molar-refractivity contribution in [2.75, 3.05) is 32.7 Å². The molecule has 2 aliphatic carbocycles. The maximum Gasteiger partial charge on any atom is 0.320 e. The summed E-state index contributed by atoms with van der Waals surface area (Å²) in [5.41, 5.74) is 0.893. The summed E-state index contributed by atoms with van der Waals surface area (Å²) in [7, 11) is 0. The maximum absolute atomic E-state index is 13.9. The summed E-state index contributed by atoms with van der Waals surface area (Å²) in [4.78, 5) is 30.8. The van der Waals surface area contributed by atoms with Crippen LogP contribution in [0.3, 0.4) is 0 Å². The third-order valence-electron chi connectivity index (χ3n) is 9.28. The van der Waals surface area contributed by atoms with Crippen molar-refractivity contribution in [2.45, 2.75) is 69.1 Å². The number of likely N-dealkylation sites (tertiary alicyclic amines) is 1. The van der Waals surface area contributed by atoms with Gasteiger partial charge in [-0.2, -0.15) is 0 Å². The van der Waals surface area contributed by atoms with E-state index in [0.717, 1.165) is 49.9 Å². The standard InChI is InChI=1S/C29H38N4O3/c34-26-18-24(22-8-9-22)10-15-31(26)21-29(36)13-16-32(20-28(29)11-4-5-12-28)27(35)33-17-14-30-19-25(33)23-6-2-1-3-7-23/h1-3,6-7,10,15,18,22,25,30,36H,4-5,8-9,11-14,16-17,19-21H2. The predicted octanol–water partition coefficient (Wildman–Crippen LogP) is 3.49. The molecule has 2 saturated heterocycles. The molecule has 2 amide bonds. The third-order valence-corrected chi connectivity index (χ3v) is 9.28. The Morgan fingerprint density at radius 1 is 1.03 bits per heavy atom. The molecule has 3 heterocycles. The van der Waals surface area contributed by atoms with E-state index in [4.69, 9.17) is 0 Å². The maximum atomic E-state index is 13.9. The molecule has 7 heteroatoms. The second-order valence-corrected chi connectivity index (χ2v) is 11.5. The second kappa shape index (κ2) is 9.34. The average Bonchev–Trinajstić information content (AvgIpc) is 3.65. The summed E-state index contributed by atoms with van der Waals surface area (Å²) in [5.74, 6) is 0.538. The Balaban J connectivity index is 1.22. The van der Waals surface area contributed by atoms with Crippen LogP contribution in [-0.4, -0.2) is 63.8 Å². The summed E-state index contributed by atoms with van der Waals surface area (Å²) >= 11 is 0. The lowest BCUT2D eigenvalue weighted by Crippen LogP contribution is -2.64. The zero-order chi connectivity index (χ0) is 24.8. The Kier molecular flexibility index (Phi) is 6.16. The lowest BCUT2D eigenvalue weighted by atomic mass is 9.66. The number of aliphatic hydroxyl groups is 1. The molecule has 2 aromatic rings. The van der Waals surface area contributed by atoms with Crippen molar-refractivity contribution in [3.8, 4) is 0 Å². The fourth-order valence-electron chi connectivity index (χ4n) is 6.96. The lowest BCUT2D eigenvalue weighted by molar-refractivity contribution is -0.136. The summed E-state index contributed by atoms with van der Waals surface area (Å²) in [6.45, 7) is 3.59. The van der Waals surface area contributed by atoms with Crippen LogP contribution in [0.5, 0.6) is 0 Å². The van der Waals surface area contributed by atoms with Gasteiger partial charge in [-0.15, -0.1) is 0 Å². The van der Waals surface area contributed by atoms with Crippen LogP contribution in [-0.2, 0) is 6.54 Å². The largest absolute Gasteiger partial charge is 0.387 e. The molecule has 192 valence electrons. The minimum absolute atomic E-state index is 0.0105. The Morgan fingerprint density at radius 3 is 2.53 bits per heavy atom. The average molecular weight is 491 g/mol. The van der Waals surface area contributed by atoms with Gasteiger partial charge in [-0.1, -0.05) is 43.2 Å². The number of aromatic nitrogens is 1. The van der Waals surface area contributed by atoms with Gasteiger partial charge in [0.25, 0.3) is 5.56 Å². The number of amides is 2. The third kappa shape index (κ3) is 4.26. The van der Waals surface area contributed by atoms with Crippen LogP contribution in [0.15, 0.2) is 53.5 Å². The smallest absolute Gasteiger partial charge is 0.320 e. The number of pyridine rings is 1. The molecule has 2 N–H and O–H groups in total. The Bertz CT molecular complexity index is 1150. The number of carbonyl (C=O) groups is 1. The van der Waals surface area contributed by atoms with Gasteiger partial charge < -0.3 is 24.8 Å². The van der Waals surface area contributed by atoms with Crippen LogP contribution in [0.4, 0.5) is 4.79 Å². The molecule has 1 spiro atoms. The van der Waals surface area contributed by atoms with E-state index < -0.39 is 5.60 Å². The molecule has 2 aliphatic heterocycles. The summed E-state index contributed by atoms with van der Waals surface area (Å²) in [6.07, 6.45) is 8.60. The van der Waals surface area contributed by atoms with E-state index in [2.05, 4.69) is 23.5 Å². The molecule has 1 aromatic carbocycles. The van der Waals surface area contributed by atoms with Gasteiger partial charge in [0.2, 0.25) is 0 Å². The first-order valence-corrected chi connectivity index (χ1v) is 13.7. The number of piperazine rings is 1. The van der Waals surface area contributed by atoms with Gasteiger partial charge in [0.05, 0.1) is 18.2 Å². The highest BCUT2D eigenvalue weighted by molar-refractivity contribution is 5.75. The first-order valence-electron chi connectivity index (χ1n) is 13.7. The quantitative estimate of drug-likeness (QED) is 0.688. The van der Waals surface area contributed by atoms with Crippen molar-refractivity contribution in [3.63, 3.8) is 0 Å². The number of benzene rings is 1. The number of hydrogen-bond acceptors (Lipinski definition) is 4. The van der Waals surface area contributed by atoms with Crippen LogP contribution in [0.2, 0.25) is 0 Å². The Morgan fingerprint density at radius 2 is 1.81 bits per heavy atom. The minimum atomic E-state index is -0.993. The molecule has 36 heavy (non-hydrogen) atoms. The SMILES string of the molecule is O=C(N1CCC(O)(Cn2ccc(C3CC3)cc2=O)C2(CCCC2)C1)N1CCNCC1c1ccccc1. The second-order valence-electron chi connectivity index (χ2n) is 11.5. The van der Waals surface area contributed by atoms with Crippen molar-refractivity contribution in [3.05, 3.63) is 70.1 Å². The van der Waals surface area contributed by atoms with E-state index >= 15 is 0 Å². The van der Waals surface area contributed by atoms with Gasteiger partial charge in [-0.3, -0.25) is 4.79 Å². The van der Waals surface area contributed by atoms with Gasteiger partial charge in [-0.05, 0) is 55.2 Å². The Hall–Kier alpha value is -2.64. The van der Waals surface area contributed by atoms with Crippen LogP contribution in [0.25, 0.3) is 0 Å².